The maximum Gasteiger partial charge on any atom is 0.175 e. The van der Waals surface area contributed by atoms with Crippen molar-refractivity contribution in [3.05, 3.63) is 34.3 Å². The number of halogens is 2. The summed E-state index contributed by atoms with van der Waals surface area (Å²) in [7, 11) is 0. The van der Waals surface area contributed by atoms with Gasteiger partial charge in [0.05, 0.1) is 26.7 Å². The zero-order valence-corrected chi connectivity index (χ0v) is 9.76. The van der Waals surface area contributed by atoms with Gasteiger partial charge in [-0.25, -0.2) is 4.21 Å². The second kappa shape index (κ2) is 8.28. The highest BCUT2D eigenvalue weighted by atomic mass is 35.5. The minimum absolute atomic E-state index is 0.144. The Morgan fingerprint density at radius 1 is 1.40 bits per heavy atom. The van der Waals surface area contributed by atoms with Crippen molar-refractivity contribution in [2.24, 2.45) is 10.9 Å². The predicted molar refractivity (Wildman–Crippen MR) is 64.1 cm³/mol. The van der Waals surface area contributed by atoms with Gasteiger partial charge in [0.25, 0.3) is 0 Å². The first-order chi connectivity index (χ1) is 7.11. The van der Waals surface area contributed by atoms with Crippen LogP contribution in [0.15, 0.2) is 29.4 Å². The van der Waals surface area contributed by atoms with Crippen LogP contribution in [0.1, 0.15) is 0 Å². The quantitative estimate of drug-likeness (QED) is 0.267. The molecule has 0 atom stereocenters. The average molecular weight is 267 g/mol. The van der Waals surface area contributed by atoms with Crippen LogP contribution in [0, 0.1) is 0 Å². The molecular weight excluding hydrogens is 259 g/mol. The van der Waals surface area contributed by atoms with Crippen LogP contribution in [-0.2, 0) is 11.3 Å². The lowest BCUT2D eigenvalue weighted by atomic mass is 10.4. The van der Waals surface area contributed by atoms with Crippen molar-refractivity contribution in [3.63, 3.8) is 0 Å². The van der Waals surface area contributed by atoms with Gasteiger partial charge in [-0.3, -0.25) is 0 Å². The molecule has 0 heterocycles. The summed E-state index contributed by atoms with van der Waals surface area (Å²) in [6.07, 6.45) is 0. The number of benzene rings is 1. The fraction of sp³-hybridized carbons (Fsp3) is 0. The summed E-state index contributed by atoms with van der Waals surface area (Å²) in [5.74, 6) is -0.167. The number of hydrogen-bond acceptors (Lipinski definition) is 3. The zero-order chi connectivity index (χ0) is 11.7. The molecule has 0 aromatic heterocycles. The second-order valence-corrected chi connectivity index (χ2v) is 3.40. The van der Waals surface area contributed by atoms with Crippen molar-refractivity contribution >= 4 is 45.7 Å². The lowest BCUT2D eigenvalue weighted by Crippen LogP contribution is -2.11. The molecule has 0 aliphatic heterocycles. The number of hydrogen-bond donors (Lipinski definition) is 2. The van der Waals surface area contributed by atoms with Crippen LogP contribution < -0.4 is 5.73 Å². The van der Waals surface area contributed by atoms with Gasteiger partial charge in [0.1, 0.15) is 0 Å². The predicted octanol–water partition coefficient (Wildman–Crippen LogP) is 1.74. The average Bonchev–Trinajstić information content (AvgIpc) is 2.24. The summed E-state index contributed by atoms with van der Waals surface area (Å²) in [5, 5.41) is 12.4. The van der Waals surface area contributed by atoms with Crippen LogP contribution in [-0.4, -0.2) is 20.6 Å². The van der Waals surface area contributed by atoms with Crippen LogP contribution in [0.25, 0.3) is 0 Å². The molecule has 0 aliphatic rings. The molecular formula is C8H8Cl2N2O2S. The SMILES string of the molecule is Clc1ccccc1Cl.NC(C=S=O)=NO. The molecule has 0 spiro atoms. The van der Waals surface area contributed by atoms with E-state index in [1.807, 2.05) is 12.1 Å². The monoisotopic (exact) mass is 266 g/mol. The standard InChI is InChI=1S/C6H4Cl2.C2H4N2O2S/c7-5-3-1-2-4-6(5)8;3-2(4-5)1-7-6/h1-4H;1,5H,(H2,3,4). The smallest absolute Gasteiger partial charge is 0.175 e. The minimum atomic E-state index is -0.167. The van der Waals surface area contributed by atoms with Gasteiger partial charge >= 0.3 is 0 Å². The molecule has 4 nitrogen and oxygen atoms in total. The Balaban J connectivity index is 0.000000265. The van der Waals surface area contributed by atoms with Crippen molar-refractivity contribution < 1.29 is 9.42 Å². The summed E-state index contributed by atoms with van der Waals surface area (Å²) in [4.78, 5) is 0. The van der Waals surface area contributed by atoms with Crippen molar-refractivity contribution in [3.8, 4) is 0 Å². The molecule has 1 rings (SSSR count). The third kappa shape index (κ3) is 6.96. The first-order valence-electron chi connectivity index (χ1n) is 3.61. The highest BCUT2D eigenvalue weighted by Crippen LogP contribution is 2.19. The van der Waals surface area contributed by atoms with Crippen LogP contribution in [0.3, 0.4) is 0 Å². The molecule has 0 saturated heterocycles. The molecule has 0 amide bonds. The molecule has 7 heteroatoms. The summed E-state index contributed by atoms with van der Waals surface area (Å²) >= 11 is 11.3. The number of oxime groups is 1. The summed E-state index contributed by atoms with van der Waals surface area (Å²) < 4.78 is 9.49. The van der Waals surface area contributed by atoms with E-state index in [1.165, 1.54) is 0 Å². The first-order valence-corrected chi connectivity index (χ1v) is 5.17. The maximum atomic E-state index is 9.49. The van der Waals surface area contributed by atoms with Gasteiger partial charge < -0.3 is 10.9 Å². The molecule has 15 heavy (non-hydrogen) atoms. The third-order valence-electron chi connectivity index (χ3n) is 1.11. The van der Waals surface area contributed by atoms with E-state index in [9.17, 15) is 4.21 Å². The van der Waals surface area contributed by atoms with Gasteiger partial charge in [-0.1, -0.05) is 40.5 Å². The number of amidine groups is 1. The number of rotatable bonds is 1. The highest BCUT2D eigenvalue weighted by molar-refractivity contribution is 7.66. The number of nitrogens with zero attached hydrogens (tertiary/aromatic N) is 1. The third-order valence-corrected chi connectivity index (χ3v) is 2.20. The Bertz CT molecular complexity index is 371. The number of nitrogens with two attached hydrogens (primary N) is 1. The highest BCUT2D eigenvalue weighted by Gasteiger charge is 1.89. The fourth-order valence-corrected chi connectivity index (χ4v) is 0.929. The maximum absolute atomic E-state index is 9.49. The molecule has 1 aromatic rings. The van der Waals surface area contributed by atoms with E-state index >= 15 is 0 Å². The van der Waals surface area contributed by atoms with E-state index in [0.717, 1.165) is 5.37 Å². The van der Waals surface area contributed by atoms with E-state index < -0.39 is 0 Å². The van der Waals surface area contributed by atoms with Crippen molar-refractivity contribution in [1.29, 1.82) is 0 Å². The Morgan fingerprint density at radius 3 is 2.07 bits per heavy atom. The lowest BCUT2D eigenvalue weighted by Gasteiger charge is -1.88. The van der Waals surface area contributed by atoms with Crippen molar-refractivity contribution in [2.45, 2.75) is 0 Å². The van der Waals surface area contributed by atoms with E-state index in [4.69, 9.17) is 34.1 Å². The fourth-order valence-electron chi connectivity index (χ4n) is 0.512. The molecule has 0 radical (unpaired) electrons. The normalized spacial score (nSPS) is 9.87. The molecule has 82 valence electrons. The lowest BCUT2D eigenvalue weighted by molar-refractivity contribution is 0.319. The Morgan fingerprint density at radius 2 is 1.87 bits per heavy atom. The van der Waals surface area contributed by atoms with Crippen LogP contribution >= 0.6 is 23.2 Å². The van der Waals surface area contributed by atoms with E-state index in [2.05, 4.69) is 5.16 Å². The van der Waals surface area contributed by atoms with E-state index in [0.29, 0.717) is 10.0 Å². The second-order valence-electron chi connectivity index (χ2n) is 2.15. The van der Waals surface area contributed by atoms with Crippen LogP contribution in [0.2, 0.25) is 10.0 Å². The van der Waals surface area contributed by atoms with Crippen molar-refractivity contribution in [2.75, 3.05) is 0 Å². The summed E-state index contributed by atoms with van der Waals surface area (Å²) in [5.41, 5.74) is 4.81. The Labute approximate surface area is 100 Å². The molecule has 0 unspecified atom stereocenters. The molecule has 0 aliphatic carbocycles. The van der Waals surface area contributed by atoms with E-state index in [-0.39, 0.29) is 17.1 Å². The Hall–Kier alpha value is -1.04. The summed E-state index contributed by atoms with van der Waals surface area (Å²) in [6.45, 7) is 0. The van der Waals surface area contributed by atoms with Crippen LogP contribution in [0.4, 0.5) is 0 Å². The Kier molecular flexibility index (Phi) is 7.71. The van der Waals surface area contributed by atoms with E-state index in [1.54, 1.807) is 12.1 Å². The molecule has 0 fully saturated rings. The zero-order valence-electron chi connectivity index (χ0n) is 7.43. The topological polar surface area (TPSA) is 75.7 Å². The van der Waals surface area contributed by atoms with Crippen LogP contribution in [0.5, 0.6) is 0 Å². The van der Waals surface area contributed by atoms with Gasteiger partial charge in [-0.15, -0.1) is 0 Å². The largest absolute Gasteiger partial charge is 0.409 e. The molecule has 0 bridgehead atoms. The van der Waals surface area contributed by atoms with Gasteiger partial charge in [-0.05, 0) is 12.1 Å². The van der Waals surface area contributed by atoms with Crippen molar-refractivity contribution in [1.82, 2.24) is 0 Å². The van der Waals surface area contributed by atoms with Gasteiger partial charge in [0.15, 0.2) is 5.84 Å². The first kappa shape index (κ1) is 14.0. The van der Waals surface area contributed by atoms with Gasteiger partial charge in [0.2, 0.25) is 0 Å². The van der Waals surface area contributed by atoms with Gasteiger partial charge in [0, 0.05) is 0 Å². The molecule has 0 saturated carbocycles. The molecule has 3 N–H and O–H groups in total. The molecule has 1 aromatic carbocycles. The minimum Gasteiger partial charge on any atom is -0.409 e. The summed E-state index contributed by atoms with van der Waals surface area (Å²) in [6, 6.07) is 7.19. The van der Waals surface area contributed by atoms with Gasteiger partial charge in [-0.2, -0.15) is 0 Å².